The summed E-state index contributed by atoms with van der Waals surface area (Å²) in [7, 11) is 0. The van der Waals surface area contributed by atoms with E-state index in [-0.39, 0.29) is 0 Å². The Morgan fingerprint density at radius 3 is 3.00 bits per heavy atom. The summed E-state index contributed by atoms with van der Waals surface area (Å²) in [5.74, 6) is 1.64. The number of nitrogens with one attached hydrogen (secondary N) is 1. The molecule has 2 heterocycles. The van der Waals surface area contributed by atoms with Crippen molar-refractivity contribution in [1.82, 2.24) is 4.98 Å². The Labute approximate surface area is 122 Å². The van der Waals surface area contributed by atoms with Gasteiger partial charge in [-0.1, -0.05) is 30.3 Å². The molecule has 1 aliphatic rings. The van der Waals surface area contributed by atoms with E-state index in [1.165, 1.54) is 0 Å². The predicted molar refractivity (Wildman–Crippen MR) is 81.6 cm³/mol. The Morgan fingerprint density at radius 1 is 1.05 bits per heavy atom. The molecule has 0 aliphatic carbocycles. The molecule has 4 nitrogen and oxygen atoms in total. The maximum Gasteiger partial charge on any atom is 0.231 e. The van der Waals surface area contributed by atoms with Gasteiger partial charge < -0.3 is 14.8 Å². The number of fused-ring (bicyclic) bond motifs is 2. The largest absolute Gasteiger partial charge is 0.454 e. The van der Waals surface area contributed by atoms with Crippen LogP contribution in [0.1, 0.15) is 5.56 Å². The topological polar surface area (TPSA) is 43.4 Å². The van der Waals surface area contributed by atoms with E-state index in [0.29, 0.717) is 13.3 Å². The number of anilines is 1. The molecular weight excluding hydrogens is 264 g/mol. The van der Waals surface area contributed by atoms with E-state index in [1.54, 1.807) is 0 Å². The van der Waals surface area contributed by atoms with Crippen LogP contribution < -0.4 is 14.8 Å². The number of rotatable bonds is 3. The summed E-state index contributed by atoms with van der Waals surface area (Å²) >= 11 is 0. The van der Waals surface area contributed by atoms with Crippen LogP contribution in [0.4, 0.5) is 5.69 Å². The molecule has 0 saturated heterocycles. The van der Waals surface area contributed by atoms with E-state index < -0.39 is 0 Å². The van der Waals surface area contributed by atoms with Gasteiger partial charge in [0.2, 0.25) is 6.79 Å². The molecule has 4 rings (SSSR count). The minimum atomic E-state index is 0.296. The average molecular weight is 278 g/mol. The van der Waals surface area contributed by atoms with Crippen molar-refractivity contribution in [2.75, 3.05) is 12.1 Å². The van der Waals surface area contributed by atoms with Crippen LogP contribution in [0.25, 0.3) is 10.9 Å². The lowest BCUT2D eigenvalue weighted by Crippen LogP contribution is -2.01. The lowest BCUT2D eigenvalue weighted by molar-refractivity contribution is 0.173. The zero-order valence-corrected chi connectivity index (χ0v) is 11.4. The van der Waals surface area contributed by atoms with Crippen molar-refractivity contribution in [2.24, 2.45) is 0 Å². The minimum Gasteiger partial charge on any atom is -0.454 e. The molecule has 0 amide bonds. The number of aromatic nitrogens is 1. The van der Waals surface area contributed by atoms with E-state index in [0.717, 1.165) is 33.7 Å². The number of nitrogens with zero attached hydrogens (tertiary/aromatic N) is 1. The standard InChI is InChI=1S/C17H14N2O2/c1-2-6-15-12(4-1)8-14(10-19-15)18-9-13-5-3-7-16-17(13)21-11-20-16/h1-8,10,18H,9,11H2. The molecule has 2 aromatic carbocycles. The van der Waals surface area contributed by atoms with Gasteiger partial charge in [0, 0.05) is 17.5 Å². The van der Waals surface area contributed by atoms with E-state index in [9.17, 15) is 0 Å². The number of para-hydroxylation sites is 2. The van der Waals surface area contributed by atoms with Crippen LogP contribution in [-0.2, 0) is 6.54 Å². The number of pyridine rings is 1. The Bertz CT molecular complexity index is 802. The Morgan fingerprint density at radius 2 is 2.00 bits per heavy atom. The molecule has 0 atom stereocenters. The van der Waals surface area contributed by atoms with Gasteiger partial charge in [-0.2, -0.15) is 0 Å². The third-order valence-corrected chi connectivity index (χ3v) is 3.55. The molecular formula is C17H14N2O2. The monoisotopic (exact) mass is 278 g/mol. The van der Waals surface area contributed by atoms with Gasteiger partial charge in [-0.05, 0) is 18.2 Å². The van der Waals surface area contributed by atoms with Crippen LogP contribution in [0.15, 0.2) is 54.7 Å². The second-order valence-corrected chi connectivity index (χ2v) is 4.92. The minimum absolute atomic E-state index is 0.296. The summed E-state index contributed by atoms with van der Waals surface area (Å²) in [4.78, 5) is 4.45. The van der Waals surface area contributed by atoms with Crippen molar-refractivity contribution in [3.63, 3.8) is 0 Å². The Kier molecular flexibility index (Phi) is 2.85. The van der Waals surface area contributed by atoms with E-state index in [4.69, 9.17) is 9.47 Å². The summed E-state index contributed by atoms with van der Waals surface area (Å²) < 4.78 is 10.9. The summed E-state index contributed by atoms with van der Waals surface area (Å²) in [6, 6.07) is 16.1. The molecule has 21 heavy (non-hydrogen) atoms. The third kappa shape index (κ3) is 2.25. The third-order valence-electron chi connectivity index (χ3n) is 3.55. The van der Waals surface area contributed by atoms with Gasteiger partial charge in [0.25, 0.3) is 0 Å². The zero-order chi connectivity index (χ0) is 14.1. The first kappa shape index (κ1) is 12.0. The van der Waals surface area contributed by atoms with Gasteiger partial charge in [0.1, 0.15) is 0 Å². The Hall–Kier alpha value is -2.75. The maximum atomic E-state index is 5.51. The van der Waals surface area contributed by atoms with E-state index in [1.807, 2.05) is 42.6 Å². The van der Waals surface area contributed by atoms with E-state index in [2.05, 4.69) is 22.4 Å². The lowest BCUT2D eigenvalue weighted by atomic mass is 10.1. The highest BCUT2D eigenvalue weighted by atomic mass is 16.7. The molecule has 1 aliphatic heterocycles. The second kappa shape index (κ2) is 4.98. The lowest BCUT2D eigenvalue weighted by Gasteiger charge is -2.09. The average Bonchev–Trinajstić information content (AvgIpc) is 3.02. The molecule has 0 radical (unpaired) electrons. The Balaban J connectivity index is 1.57. The molecule has 1 N–H and O–H groups in total. The zero-order valence-electron chi connectivity index (χ0n) is 11.4. The first-order chi connectivity index (χ1) is 10.4. The normalized spacial score (nSPS) is 12.6. The fraction of sp³-hybridized carbons (Fsp3) is 0.118. The quantitative estimate of drug-likeness (QED) is 0.795. The molecule has 1 aromatic heterocycles. The van der Waals surface area contributed by atoms with E-state index >= 15 is 0 Å². The number of ether oxygens (including phenoxy) is 2. The van der Waals surface area contributed by atoms with Crippen molar-refractivity contribution in [3.8, 4) is 11.5 Å². The summed E-state index contributed by atoms with van der Waals surface area (Å²) in [6.07, 6.45) is 1.85. The predicted octanol–water partition coefficient (Wildman–Crippen LogP) is 3.58. The van der Waals surface area contributed by atoms with Gasteiger partial charge in [-0.15, -0.1) is 0 Å². The number of benzene rings is 2. The van der Waals surface area contributed by atoms with Crippen molar-refractivity contribution in [2.45, 2.75) is 6.54 Å². The number of hydrogen-bond donors (Lipinski definition) is 1. The molecule has 104 valence electrons. The molecule has 0 fully saturated rings. The molecule has 0 spiro atoms. The van der Waals surface area contributed by atoms with Crippen LogP contribution in [0.2, 0.25) is 0 Å². The van der Waals surface area contributed by atoms with Gasteiger partial charge in [0.05, 0.1) is 17.4 Å². The summed E-state index contributed by atoms with van der Waals surface area (Å²) in [5.41, 5.74) is 3.07. The molecule has 3 aromatic rings. The highest BCUT2D eigenvalue weighted by Crippen LogP contribution is 2.35. The van der Waals surface area contributed by atoms with Crippen molar-refractivity contribution < 1.29 is 9.47 Å². The number of hydrogen-bond acceptors (Lipinski definition) is 4. The molecule has 4 heteroatoms. The SMILES string of the molecule is c1cc(CNc2cnc3ccccc3c2)c2c(c1)OCO2. The van der Waals surface area contributed by atoms with Crippen molar-refractivity contribution in [3.05, 3.63) is 60.3 Å². The maximum absolute atomic E-state index is 5.51. The highest BCUT2D eigenvalue weighted by molar-refractivity contribution is 5.81. The van der Waals surface area contributed by atoms with Gasteiger partial charge in [0.15, 0.2) is 11.5 Å². The van der Waals surface area contributed by atoms with Crippen LogP contribution in [0.5, 0.6) is 11.5 Å². The fourth-order valence-electron chi connectivity index (χ4n) is 2.49. The highest BCUT2D eigenvalue weighted by Gasteiger charge is 2.16. The van der Waals surface area contributed by atoms with Gasteiger partial charge in [-0.3, -0.25) is 4.98 Å². The van der Waals surface area contributed by atoms with Crippen LogP contribution >= 0.6 is 0 Å². The first-order valence-corrected chi connectivity index (χ1v) is 6.86. The fourth-order valence-corrected chi connectivity index (χ4v) is 2.49. The van der Waals surface area contributed by atoms with Crippen LogP contribution in [-0.4, -0.2) is 11.8 Å². The van der Waals surface area contributed by atoms with Crippen LogP contribution in [0.3, 0.4) is 0 Å². The van der Waals surface area contributed by atoms with Crippen molar-refractivity contribution in [1.29, 1.82) is 0 Å². The molecule has 0 unspecified atom stereocenters. The van der Waals surface area contributed by atoms with Gasteiger partial charge >= 0.3 is 0 Å². The smallest absolute Gasteiger partial charge is 0.231 e. The molecule has 0 saturated carbocycles. The first-order valence-electron chi connectivity index (χ1n) is 6.86. The summed E-state index contributed by atoms with van der Waals surface area (Å²) in [5, 5.41) is 4.51. The van der Waals surface area contributed by atoms with Crippen LogP contribution in [0, 0.1) is 0 Å². The summed E-state index contributed by atoms with van der Waals surface area (Å²) in [6.45, 7) is 0.969. The van der Waals surface area contributed by atoms with Gasteiger partial charge in [-0.25, -0.2) is 0 Å². The molecule has 0 bridgehead atoms. The second-order valence-electron chi connectivity index (χ2n) is 4.92. The van der Waals surface area contributed by atoms with Crippen molar-refractivity contribution >= 4 is 16.6 Å².